The van der Waals surface area contributed by atoms with Crippen molar-refractivity contribution in [1.29, 1.82) is 0 Å². The summed E-state index contributed by atoms with van der Waals surface area (Å²) in [5.74, 6) is 1.75. The second-order valence-electron chi connectivity index (χ2n) is 6.14. The van der Waals surface area contributed by atoms with Gasteiger partial charge in [-0.15, -0.1) is 0 Å². The minimum absolute atomic E-state index is 0.114. The lowest BCUT2D eigenvalue weighted by molar-refractivity contribution is -0.143. The zero-order valence-electron chi connectivity index (χ0n) is 11.2. The van der Waals surface area contributed by atoms with Crippen molar-refractivity contribution >= 4 is 0 Å². The zero-order valence-corrected chi connectivity index (χ0v) is 11.2. The van der Waals surface area contributed by atoms with Gasteiger partial charge in [0, 0.05) is 6.54 Å². The molecule has 0 aliphatic heterocycles. The van der Waals surface area contributed by atoms with E-state index in [1.54, 1.807) is 6.92 Å². The Labute approximate surface area is 105 Å². The van der Waals surface area contributed by atoms with Crippen molar-refractivity contribution in [2.75, 3.05) is 6.54 Å². The van der Waals surface area contributed by atoms with Crippen LogP contribution in [0.4, 0.5) is 0 Å². The van der Waals surface area contributed by atoms with Gasteiger partial charge in [-0.1, -0.05) is 6.42 Å². The lowest BCUT2D eigenvalue weighted by Gasteiger charge is -2.42. The third-order valence-corrected chi connectivity index (χ3v) is 4.62. The molecule has 0 saturated heterocycles. The first-order valence-corrected chi connectivity index (χ1v) is 7.12. The van der Waals surface area contributed by atoms with Crippen molar-refractivity contribution in [3.05, 3.63) is 0 Å². The van der Waals surface area contributed by atoms with Gasteiger partial charge in [-0.3, -0.25) is 0 Å². The van der Waals surface area contributed by atoms with Crippen LogP contribution >= 0.6 is 0 Å². The Hall–Kier alpha value is -0.120. The molecule has 2 saturated carbocycles. The topological polar surface area (TPSA) is 55.5 Å². The van der Waals surface area contributed by atoms with Crippen LogP contribution in [0.3, 0.4) is 0 Å². The Balaban J connectivity index is 1.96. The van der Waals surface area contributed by atoms with Crippen LogP contribution in [0.5, 0.6) is 0 Å². The number of aliphatic hydroxyl groups excluding tert-OH is 1. The summed E-state index contributed by atoms with van der Waals surface area (Å²) in [6.07, 6.45) is 7.00. The van der Waals surface area contributed by atoms with Crippen LogP contribution in [0.2, 0.25) is 0 Å². The summed E-state index contributed by atoms with van der Waals surface area (Å²) in [7, 11) is 0. The largest absolute Gasteiger partial charge is 0.391 e. The molecule has 0 aromatic heterocycles. The average molecular weight is 241 g/mol. The normalized spacial score (nSPS) is 37.8. The first-order valence-electron chi connectivity index (χ1n) is 7.12. The Morgan fingerprint density at radius 2 is 2.00 bits per heavy atom. The highest BCUT2D eigenvalue weighted by molar-refractivity contribution is 4.95. The number of hydrogen-bond donors (Lipinski definition) is 2. The van der Waals surface area contributed by atoms with Crippen molar-refractivity contribution in [2.24, 2.45) is 17.6 Å². The van der Waals surface area contributed by atoms with E-state index in [0.717, 1.165) is 24.7 Å². The van der Waals surface area contributed by atoms with Crippen molar-refractivity contribution in [3.63, 3.8) is 0 Å². The molecule has 0 amide bonds. The molecule has 2 fully saturated rings. The Morgan fingerprint density at radius 1 is 1.29 bits per heavy atom. The van der Waals surface area contributed by atoms with Gasteiger partial charge in [-0.2, -0.15) is 0 Å². The van der Waals surface area contributed by atoms with Crippen LogP contribution < -0.4 is 5.73 Å². The fraction of sp³-hybridized carbons (Fsp3) is 1.00. The SMILES string of the molecule is CC(O)C(C)OC1(CN)CCCC(C2CC2)C1. The van der Waals surface area contributed by atoms with E-state index in [0.29, 0.717) is 6.54 Å². The van der Waals surface area contributed by atoms with Crippen molar-refractivity contribution in [1.82, 2.24) is 0 Å². The summed E-state index contributed by atoms with van der Waals surface area (Å²) < 4.78 is 6.12. The van der Waals surface area contributed by atoms with Crippen LogP contribution in [-0.4, -0.2) is 29.5 Å². The maximum absolute atomic E-state index is 9.58. The van der Waals surface area contributed by atoms with Crippen molar-refractivity contribution in [3.8, 4) is 0 Å². The molecule has 2 rings (SSSR count). The molecule has 0 heterocycles. The van der Waals surface area contributed by atoms with E-state index in [4.69, 9.17) is 10.5 Å². The van der Waals surface area contributed by atoms with Crippen LogP contribution in [0.25, 0.3) is 0 Å². The first kappa shape index (κ1) is 13.3. The van der Waals surface area contributed by atoms with E-state index in [2.05, 4.69) is 0 Å². The fourth-order valence-corrected chi connectivity index (χ4v) is 3.17. The molecule has 4 atom stereocenters. The molecule has 2 aliphatic rings. The quantitative estimate of drug-likeness (QED) is 0.774. The van der Waals surface area contributed by atoms with E-state index in [1.807, 2.05) is 6.92 Å². The van der Waals surface area contributed by atoms with Crippen LogP contribution in [0.15, 0.2) is 0 Å². The maximum atomic E-state index is 9.58. The third-order valence-electron chi connectivity index (χ3n) is 4.62. The predicted molar refractivity (Wildman–Crippen MR) is 68.7 cm³/mol. The second kappa shape index (κ2) is 5.25. The van der Waals surface area contributed by atoms with E-state index < -0.39 is 6.10 Å². The lowest BCUT2D eigenvalue weighted by atomic mass is 9.75. The van der Waals surface area contributed by atoms with E-state index in [1.165, 1.54) is 25.7 Å². The smallest absolute Gasteiger partial charge is 0.0811 e. The van der Waals surface area contributed by atoms with Crippen LogP contribution in [0, 0.1) is 11.8 Å². The molecule has 0 aromatic rings. The van der Waals surface area contributed by atoms with Gasteiger partial charge in [0.05, 0.1) is 17.8 Å². The predicted octanol–water partition coefficient (Wildman–Crippen LogP) is 2.07. The van der Waals surface area contributed by atoms with Crippen molar-refractivity contribution < 1.29 is 9.84 Å². The van der Waals surface area contributed by atoms with E-state index >= 15 is 0 Å². The van der Waals surface area contributed by atoms with Crippen LogP contribution in [-0.2, 0) is 4.74 Å². The maximum Gasteiger partial charge on any atom is 0.0811 e. The first-order chi connectivity index (χ1) is 8.06. The van der Waals surface area contributed by atoms with Crippen molar-refractivity contribution in [2.45, 2.75) is 70.2 Å². The van der Waals surface area contributed by atoms with Gasteiger partial charge in [0.2, 0.25) is 0 Å². The van der Waals surface area contributed by atoms with Gasteiger partial charge >= 0.3 is 0 Å². The zero-order chi connectivity index (χ0) is 12.5. The van der Waals surface area contributed by atoms with Gasteiger partial charge in [-0.05, 0) is 57.8 Å². The monoisotopic (exact) mass is 241 g/mol. The summed E-state index contributed by atoms with van der Waals surface area (Å²) >= 11 is 0. The highest BCUT2D eigenvalue weighted by atomic mass is 16.5. The highest BCUT2D eigenvalue weighted by Gasteiger charge is 2.43. The summed E-state index contributed by atoms with van der Waals surface area (Å²) in [6.45, 7) is 4.33. The summed E-state index contributed by atoms with van der Waals surface area (Å²) in [6, 6.07) is 0. The third kappa shape index (κ3) is 3.21. The van der Waals surface area contributed by atoms with Crippen LogP contribution in [0.1, 0.15) is 52.4 Å². The summed E-state index contributed by atoms with van der Waals surface area (Å²) in [5.41, 5.74) is 5.80. The number of hydrogen-bond acceptors (Lipinski definition) is 3. The number of rotatable bonds is 5. The fourth-order valence-electron chi connectivity index (χ4n) is 3.17. The minimum Gasteiger partial charge on any atom is -0.391 e. The highest BCUT2D eigenvalue weighted by Crippen LogP contribution is 2.47. The molecule has 3 heteroatoms. The number of ether oxygens (including phenoxy) is 1. The Kier molecular flexibility index (Phi) is 4.11. The van der Waals surface area contributed by atoms with Gasteiger partial charge < -0.3 is 15.6 Å². The van der Waals surface area contributed by atoms with Gasteiger partial charge in [-0.25, -0.2) is 0 Å². The van der Waals surface area contributed by atoms with E-state index in [-0.39, 0.29) is 11.7 Å². The minimum atomic E-state index is -0.417. The number of nitrogens with two attached hydrogens (primary N) is 1. The molecule has 0 spiro atoms. The molecule has 0 aromatic carbocycles. The number of aliphatic hydroxyl groups is 1. The standard InChI is InChI=1S/C14H27NO2/c1-10(16)11(2)17-14(9-15)7-3-4-13(8-14)12-5-6-12/h10-13,16H,3-9,15H2,1-2H3. The molecule has 17 heavy (non-hydrogen) atoms. The molecule has 2 aliphatic carbocycles. The Bertz CT molecular complexity index is 249. The Morgan fingerprint density at radius 3 is 2.53 bits per heavy atom. The lowest BCUT2D eigenvalue weighted by Crippen LogP contribution is -2.48. The molecular formula is C14H27NO2. The molecule has 3 N–H and O–H groups in total. The van der Waals surface area contributed by atoms with Gasteiger partial charge in [0.1, 0.15) is 0 Å². The summed E-state index contributed by atoms with van der Waals surface area (Å²) in [4.78, 5) is 0. The molecule has 100 valence electrons. The summed E-state index contributed by atoms with van der Waals surface area (Å²) in [5, 5.41) is 9.58. The van der Waals surface area contributed by atoms with E-state index in [9.17, 15) is 5.11 Å². The van der Waals surface area contributed by atoms with Gasteiger partial charge in [0.25, 0.3) is 0 Å². The molecule has 0 radical (unpaired) electrons. The van der Waals surface area contributed by atoms with Gasteiger partial charge in [0.15, 0.2) is 0 Å². The average Bonchev–Trinajstić information content (AvgIpc) is 3.13. The molecule has 3 nitrogen and oxygen atoms in total. The molecule has 0 bridgehead atoms. The second-order valence-corrected chi connectivity index (χ2v) is 6.14. The molecular weight excluding hydrogens is 214 g/mol. The molecule has 4 unspecified atom stereocenters.